The van der Waals surface area contributed by atoms with Crippen LogP contribution >= 0.6 is 0 Å². The molecule has 0 atom stereocenters. The zero-order valence-electron chi connectivity index (χ0n) is 10.4. The van der Waals surface area contributed by atoms with E-state index in [1.807, 2.05) is 0 Å². The van der Waals surface area contributed by atoms with Gasteiger partial charge in [0.15, 0.2) is 0 Å². The van der Waals surface area contributed by atoms with Crippen LogP contribution in [0.25, 0.3) is 10.8 Å². The van der Waals surface area contributed by atoms with E-state index in [1.54, 1.807) is 0 Å². The van der Waals surface area contributed by atoms with Crippen LogP contribution in [0.2, 0.25) is 0 Å². The minimum atomic E-state index is 0.339. The maximum Gasteiger partial charge on any atom is -0.00405 e. The lowest BCUT2D eigenvalue weighted by atomic mass is 9.73. The molecule has 1 aliphatic heterocycles. The van der Waals surface area contributed by atoms with Crippen molar-refractivity contribution in [3.63, 3.8) is 0 Å². The van der Waals surface area contributed by atoms with E-state index < -0.39 is 0 Å². The first-order chi connectivity index (χ1) is 8.30. The van der Waals surface area contributed by atoms with Gasteiger partial charge in [0.2, 0.25) is 0 Å². The third-order valence-corrected chi connectivity index (χ3v) is 4.15. The van der Waals surface area contributed by atoms with Crippen molar-refractivity contribution in [3.8, 4) is 0 Å². The van der Waals surface area contributed by atoms with Crippen molar-refractivity contribution in [2.45, 2.75) is 25.2 Å². The average molecular weight is 225 g/mol. The van der Waals surface area contributed by atoms with E-state index in [1.165, 1.54) is 29.2 Å². The number of hydrogen-bond donors (Lipinski definition) is 1. The van der Waals surface area contributed by atoms with Gasteiger partial charge < -0.3 is 5.32 Å². The van der Waals surface area contributed by atoms with E-state index in [0.717, 1.165) is 13.1 Å². The second-order valence-corrected chi connectivity index (χ2v) is 5.34. The van der Waals surface area contributed by atoms with Crippen LogP contribution in [0.3, 0.4) is 0 Å². The summed E-state index contributed by atoms with van der Waals surface area (Å²) in [6.45, 7) is 4.69. The monoisotopic (exact) mass is 225 g/mol. The minimum absolute atomic E-state index is 0.339. The smallest absolute Gasteiger partial charge is 0.00405 e. The second kappa shape index (κ2) is 4.15. The fourth-order valence-corrected chi connectivity index (χ4v) is 3.00. The molecule has 88 valence electrons. The van der Waals surface area contributed by atoms with E-state index in [4.69, 9.17) is 0 Å². The Morgan fingerprint density at radius 1 is 0.941 bits per heavy atom. The highest BCUT2D eigenvalue weighted by Crippen LogP contribution is 2.36. The Hall–Kier alpha value is -1.34. The highest BCUT2D eigenvalue weighted by Gasteiger charge is 2.29. The third-order valence-electron chi connectivity index (χ3n) is 4.15. The van der Waals surface area contributed by atoms with E-state index in [2.05, 4.69) is 54.7 Å². The van der Waals surface area contributed by atoms with Crippen LogP contribution in [-0.2, 0) is 5.41 Å². The van der Waals surface area contributed by atoms with Crippen molar-refractivity contribution < 1.29 is 0 Å². The highest BCUT2D eigenvalue weighted by molar-refractivity contribution is 5.86. The van der Waals surface area contributed by atoms with Gasteiger partial charge in [-0.1, -0.05) is 49.4 Å². The maximum absolute atomic E-state index is 3.46. The quantitative estimate of drug-likeness (QED) is 0.783. The molecule has 0 aliphatic carbocycles. The van der Waals surface area contributed by atoms with Crippen molar-refractivity contribution in [2.24, 2.45) is 0 Å². The van der Waals surface area contributed by atoms with Gasteiger partial charge >= 0.3 is 0 Å². The van der Waals surface area contributed by atoms with Gasteiger partial charge in [-0.2, -0.15) is 0 Å². The van der Waals surface area contributed by atoms with E-state index >= 15 is 0 Å². The normalized spacial score (nSPS) is 19.4. The Balaban J connectivity index is 2.16. The van der Waals surface area contributed by atoms with Crippen LogP contribution in [0.5, 0.6) is 0 Å². The lowest BCUT2D eigenvalue weighted by molar-refractivity contribution is 0.337. The molecule has 1 heteroatoms. The Morgan fingerprint density at radius 2 is 1.65 bits per heavy atom. The summed E-state index contributed by atoms with van der Waals surface area (Å²) in [5, 5.41) is 6.25. The van der Waals surface area contributed by atoms with E-state index in [9.17, 15) is 0 Å². The molecule has 1 aliphatic rings. The molecular weight excluding hydrogens is 206 g/mol. The van der Waals surface area contributed by atoms with E-state index in [0.29, 0.717) is 5.41 Å². The molecule has 1 saturated heterocycles. The van der Waals surface area contributed by atoms with Crippen LogP contribution in [-0.4, -0.2) is 13.1 Å². The van der Waals surface area contributed by atoms with Gasteiger partial charge in [0, 0.05) is 0 Å². The molecule has 1 N–H and O–H groups in total. The molecule has 2 aromatic rings. The molecule has 0 amide bonds. The molecular formula is C16H19N. The lowest BCUT2D eigenvalue weighted by Gasteiger charge is -2.35. The number of benzene rings is 2. The maximum atomic E-state index is 3.46. The molecule has 0 saturated carbocycles. The first-order valence-corrected chi connectivity index (χ1v) is 6.49. The molecule has 1 heterocycles. The summed E-state index contributed by atoms with van der Waals surface area (Å²) in [6.07, 6.45) is 2.47. The van der Waals surface area contributed by atoms with Crippen LogP contribution in [0.4, 0.5) is 0 Å². The number of nitrogens with one attached hydrogen (secondary N) is 1. The van der Waals surface area contributed by atoms with E-state index in [-0.39, 0.29) is 0 Å². The molecule has 1 nitrogen and oxygen atoms in total. The largest absolute Gasteiger partial charge is 0.317 e. The van der Waals surface area contributed by atoms with Gasteiger partial charge in [-0.15, -0.1) is 0 Å². The van der Waals surface area contributed by atoms with Crippen molar-refractivity contribution in [3.05, 3.63) is 48.0 Å². The third kappa shape index (κ3) is 1.85. The minimum Gasteiger partial charge on any atom is -0.317 e. The summed E-state index contributed by atoms with van der Waals surface area (Å²) in [5.41, 5.74) is 1.86. The Kier molecular flexibility index (Phi) is 2.64. The number of piperidine rings is 1. The number of fused-ring (bicyclic) bond motifs is 1. The molecule has 17 heavy (non-hydrogen) atoms. The van der Waals surface area contributed by atoms with Gasteiger partial charge in [-0.25, -0.2) is 0 Å². The fraction of sp³-hybridized carbons (Fsp3) is 0.375. The number of rotatable bonds is 1. The SMILES string of the molecule is CC1(c2cccc3ccccc23)CCNCC1. The predicted molar refractivity (Wildman–Crippen MR) is 73.4 cm³/mol. The van der Waals surface area contributed by atoms with Crippen LogP contribution in [0.15, 0.2) is 42.5 Å². The van der Waals surface area contributed by atoms with Crippen molar-refractivity contribution in [1.82, 2.24) is 5.32 Å². The Bertz CT molecular complexity index is 519. The molecule has 0 aromatic heterocycles. The zero-order valence-corrected chi connectivity index (χ0v) is 10.4. The van der Waals surface area contributed by atoms with Gasteiger partial charge in [-0.05, 0) is 47.7 Å². The van der Waals surface area contributed by atoms with Crippen LogP contribution in [0.1, 0.15) is 25.3 Å². The predicted octanol–water partition coefficient (Wildman–Crippen LogP) is 3.48. The highest BCUT2D eigenvalue weighted by atomic mass is 14.9. The lowest BCUT2D eigenvalue weighted by Crippen LogP contribution is -2.37. The van der Waals surface area contributed by atoms with Gasteiger partial charge in [0.25, 0.3) is 0 Å². The summed E-state index contributed by atoms with van der Waals surface area (Å²) in [7, 11) is 0. The topological polar surface area (TPSA) is 12.0 Å². The van der Waals surface area contributed by atoms with Gasteiger partial charge in [0.1, 0.15) is 0 Å². The Morgan fingerprint density at radius 3 is 2.47 bits per heavy atom. The molecule has 1 fully saturated rings. The molecule has 0 unspecified atom stereocenters. The zero-order chi connectivity index (χ0) is 11.7. The van der Waals surface area contributed by atoms with Gasteiger partial charge in [0.05, 0.1) is 0 Å². The first kappa shape index (κ1) is 10.8. The number of hydrogen-bond acceptors (Lipinski definition) is 1. The second-order valence-electron chi connectivity index (χ2n) is 5.34. The molecule has 3 rings (SSSR count). The van der Waals surface area contributed by atoms with Crippen molar-refractivity contribution in [2.75, 3.05) is 13.1 Å². The summed E-state index contributed by atoms with van der Waals surface area (Å²) in [5.74, 6) is 0. The van der Waals surface area contributed by atoms with Crippen molar-refractivity contribution in [1.29, 1.82) is 0 Å². The summed E-state index contributed by atoms with van der Waals surface area (Å²) in [6, 6.07) is 15.5. The average Bonchev–Trinajstić information content (AvgIpc) is 2.39. The van der Waals surface area contributed by atoms with Crippen molar-refractivity contribution >= 4 is 10.8 Å². The molecule has 0 radical (unpaired) electrons. The molecule has 2 aromatic carbocycles. The summed E-state index contributed by atoms with van der Waals surface area (Å²) in [4.78, 5) is 0. The van der Waals surface area contributed by atoms with Crippen LogP contribution < -0.4 is 5.32 Å². The molecule has 0 spiro atoms. The Labute approximate surface area is 103 Å². The first-order valence-electron chi connectivity index (χ1n) is 6.49. The fourth-order valence-electron chi connectivity index (χ4n) is 3.00. The summed E-state index contributed by atoms with van der Waals surface area (Å²) < 4.78 is 0. The van der Waals surface area contributed by atoms with Gasteiger partial charge in [-0.3, -0.25) is 0 Å². The van der Waals surface area contributed by atoms with Crippen LogP contribution in [0, 0.1) is 0 Å². The summed E-state index contributed by atoms with van der Waals surface area (Å²) >= 11 is 0. The standard InChI is InChI=1S/C16H19N/c1-16(9-11-17-12-10-16)15-8-4-6-13-5-2-3-7-14(13)15/h2-8,17H,9-12H2,1H3. The molecule has 0 bridgehead atoms.